The van der Waals surface area contributed by atoms with E-state index in [2.05, 4.69) is 10.1 Å². The second-order valence-electron chi connectivity index (χ2n) is 8.17. The van der Waals surface area contributed by atoms with E-state index in [0.29, 0.717) is 10.6 Å². The maximum absolute atomic E-state index is 14.5. The number of nitrogens with zero attached hydrogens (tertiary/aromatic N) is 5. The van der Waals surface area contributed by atoms with Crippen LogP contribution in [0.2, 0.25) is 10.0 Å². The van der Waals surface area contributed by atoms with Gasteiger partial charge in [-0.2, -0.15) is 13.2 Å². The molecule has 0 amide bonds. The summed E-state index contributed by atoms with van der Waals surface area (Å²) in [5, 5.41) is 24.6. The van der Waals surface area contributed by atoms with Gasteiger partial charge in [0.05, 0.1) is 18.8 Å². The van der Waals surface area contributed by atoms with Crippen LogP contribution in [0.25, 0.3) is 16.9 Å². The Morgan fingerprint density at radius 1 is 1.05 bits per heavy atom. The molecule has 0 aliphatic rings. The number of aliphatic hydroxyl groups excluding tert-OH is 2. The molecule has 0 bridgehead atoms. The first kappa shape index (κ1) is 26.9. The van der Waals surface area contributed by atoms with Gasteiger partial charge in [-0.15, -0.1) is 5.10 Å². The third-order valence-electron chi connectivity index (χ3n) is 5.42. The van der Waals surface area contributed by atoms with Crippen molar-refractivity contribution in [3.8, 4) is 16.9 Å². The van der Waals surface area contributed by atoms with Gasteiger partial charge in [0.25, 0.3) is 0 Å². The molecule has 2 aromatic heterocycles. The molecule has 14 heteroatoms. The van der Waals surface area contributed by atoms with Crippen molar-refractivity contribution in [1.82, 2.24) is 23.9 Å². The third kappa shape index (κ3) is 5.72. The molecule has 0 fully saturated rings. The Hall–Kier alpha value is -3.19. The van der Waals surface area contributed by atoms with Crippen LogP contribution in [0.3, 0.4) is 0 Å². The van der Waals surface area contributed by atoms with Crippen molar-refractivity contribution in [2.24, 2.45) is 0 Å². The van der Waals surface area contributed by atoms with Gasteiger partial charge in [-0.3, -0.25) is 9.13 Å². The summed E-state index contributed by atoms with van der Waals surface area (Å²) < 4.78 is 56.6. The van der Waals surface area contributed by atoms with Gasteiger partial charge in [0, 0.05) is 16.2 Å². The van der Waals surface area contributed by atoms with E-state index in [1.165, 1.54) is 49.5 Å². The van der Waals surface area contributed by atoms with E-state index < -0.39 is 36.4 Å². The molecule has 2 N–H and O–H groups in total. The summed E-state index contributed by atoms with van der Waals surface area (Å²) >= 11 is 11.9. The normalized spacial score (nSPS) is 13.6. The lowest BCUT2D eigenvalue weighted by Crippen LogP contribution is -2.37. The molecule has 2 unspecified atom stereocenters. The second kappa shape index (κ2) is 10.3. The van der Waals surface area contributed by atoms with E-state index >= 15 is 0 Å². The fourth-order valence-electron chi connectivity index (χ4n) is 3.63. The first-order valence-corrected chi connectivity index (χ1v) is 11.5. The zero-order valence-corrected chi connectivity index (χ0v) is 20.5. The lowest BCUT2D eigenvalue weighted by Gasteiger charge is -2.16. The van der Waals surface area contributed by atoms with Crippen LogP contribution in [0, 0.1) is 5.82 Å². The van der Waals surface area contributed by atoms with Crippen molar-refractivity contribution in [2.45, 2.75) is 38.4 Å². The van der Waals surface area contributed by atoms with Gasteiger partial charge in [-0.05, 0) is 42.8 Å². The van der Waals surface area contributed by atoms with Crippen LogP contribution in [0.1, 0.15) is 24.7 Å². The molecule has 2 atom stereocenters. The molecule has 196 valence electrons. The number of aromatic nitrogens is 5. The molecule has 2 heterocycles. The molecule has 4 aromatic rings. The van der Waals surface area contributed by atoms with Crippen LogP contribution in [0.15, 0.2) is 53.5 Å². The summed E-state index contributed by atoms with van der Waals surface area (Å²) in [7, 11) is 0. The summed E-state index contributed by atoms with van der Waals surface area (Å²) in [5.41, 5.74) is -0.515. The number of benzene rings is 2. The highest BCUT2D eigenvalue weighted by atomic mass is 35.5. The van der Waals surface area contributed by atoms with E-state index in [4.69, 9.17) is 23.2 Å². The predicted octanol–water partition coefficient (Wildman–Crippen LogP) is 4.37. The van der Waals surface area contributed by atoms with Crippen LogP contribution in [0.5, 0.6) is 0 Å². The number of rotatable bonds is 7. The first-order chi connectivity index (χ1) is 17.3. The van der Waals surface area contributed by atoms with Gasteiger partial charge in [0.1, 0.15) is 17.6 Å². The van der Waals surface area contributed by atoms with E-state index in [0.717, 1.165) is 19.9 Å². The van der Waals surface area contributed by atoms with Crippen LogP contribution >= 0.6 is 23.2 Å². The lowest BCUT2D eigenvalue weighted by atomic mass is 10.1. The molecule has 4 rings (SSSR count). The highest BCUT2D eigenvalue weighted by Crippen LogP contribution is 2.26. The monoisotopic (exact) mass is 559 g/mol. The minimum absolute atomic E-state index is 0.0337. The average molecular weight is 560 g/mol. The van der Waals surface area contributed by atoms with Crippen LogP contribution in [-0.2, 0) is 13.1 Å². The van der Waals surface area contributed by atoms with E-state index in [9.17, 15) is 32.6 Å². The zero-order valence-electron chi connectivity index (χ0n) is 19.0. The maximum atomic E-state index is 14.5. The van der Waals surface area contributed by atoms with E-state index in [1.54, 1.807) is 0 Å². The summed E-state index contributed by atoms with van der Waals surface area (Å²) in [4.78, 5) is 17.3. The Balaban J connectivity index is 1.79. The standard InChI is InChI=1S/C23H19Cl2F4N5O3/c1-12(35)21-30-20(31-34(21)17-8-15(25)6-7-16(17)26)11-32-9-18(13-2-4-14(24)5-3-13)33(22(32)37)10-19(36)23(27,28)29/h2-9,12,19,35-36H,10-11H2,1H3. The van der Waals surface area contributed by atoms with Gasteiger partial charge in [-0.1, -0.05) is 35.3 Å². The molecule has 2 aromatic carbocycles. The highest BCUT2D eigenvalue weighted by molar-refractivity contribution is 6.31. The number of halogens is 6. The van der Waals surface area contributed by atoms with Crippen molar-refractivity contribution >= 4 is 23.2 Å². The maximum Gasteiger partial charge on any atom is 0.416 e. The Bertz CT molecular complexity index is 1480. The number of hydrogen-bond donors (Lipinski definition) is 2. The summed E-state index contributed by atoms with van der Waals surface area (Å²) in [6.07, 6.45) is -7.64. The van der Waals surface area contributed by atoms with Gasteiger partial charge in [0.15, 0.2) is 17.8 Å². The SMILES string of the molecule is CC(O)c1nc(Cn2cc(-c3ccc(Cl)cc3)n(CC(O)C(F)(F)F)c2=O)nn1-c1cc(Cl)ccc1F. The largest absolute Gasteiger partial charge is 0.416 e. The molecule has 37 heavy (non-hydrogen) atoms. The van der Waals surface area contributed by atoms with Crippen LogP contribution < -0.4 is 5.69 Å². The van der Waals surface area contributed by atoms with Crippen molar-refractivity contribution in [1.29, 1.82) is 0 Å². The fourth-order valence-corrected chi connectivity index (χ4v) is 3.92. The summed E-state index contributed by atoms with van der Waals surface area (Å²) in [5.74, 6) is -0.778. The topological polar surface area (TPSA) is 98.1 Å². The van der Waals surface area contributed by atoms with Gasteiger partial charge in [0.2, 0.25) is 0 Å². The Kier molecular flexibility index (Phi) is 7.47. The summed E-state index contributed by atoms with van der Waals surface area (Å²) in [6.45, 7) is -0.00217. The first-order valence-electron chi connectivity index (χ1n) is 10.7. The zero-order chi connectivity index (χ0) is 27.1. The summed E-state index contributed by atoms with van der Waals surface area (Å²) in [6, 6.07) is 9.75. The molecule has 8 nitrogen and oxygen atoms in total. The Labute approximate surface area is 216 Å². The van der Waals surface area contributed by atoms with Crippen LogP contribution in [0.4, 0.5) is 17.6 Å². The average Bonchev–Trinajstić information content (AvgIpc) is 3.38. The molecular weight excluding hydrogens is 541 g/mol. The number of imidazole rings is 1. The molecule has 0 radical (unpaired) electrons. The van der Waals surface area contributed by atoms with E-state index in [1.807, 2.05) is 0 Å². The quantitative estimate of drug-likeness (QED) is 0.328. The smallest absolute Gasteiger partial charge is 0.385 e. The second-order valence-corrected chi connectivity index (χ2v) is 9.04. The highest BCUT2D eigenvalue weighted by Gasteiger charge is 2.39. The van der Waals surface area contributed by atoms with Gasteiger partial charge in [-0.25, -0.2) is 18.9 Å². The lowest BCUT2D eigenvalue weighted by molar-refractivity contribution is -0.207. The molecule has 0 saturated heterocycles. The number of hydrogen-bond acceptors (Lipinski definition) is 5. The minimum atomic E-state index is -4.95. The molecule has 0 saturated carbocycles. The van der Waals surface area contributed by atoms with Gasteiger partial charge < -0.3 is 10.2 Å². The Morgan fingerprint density at radius 3 is 2.32 bits per heavy atom. The third-order valence-corrected chi connectivity index (χ3v) is 5.90. The van der Waals surface area contributed by atoms with E-state index in [-0.39, 0.29) is 34.6 Å². The van der Waals surface area contributed by atoms with Crippen molar-refractivity contribution in [3.05, 3.63) is 86.7 Å². The van der Waals surface area contributed by atoms with Crippen LogP contribution in [-0.4, -0.2) is 46.4 Å². The van der Waals surface area contributed by atoms with Gasteiger partial charge >= 0.3 is 11.9 Å². The molecule has 0 aliphatic heterocycles. The fraction of sp³-hybridized carbons (Fsp3) is 0.261. The number of aliphatic hydroxyl groups is 2. The number of alkyl halides is 3. The predicted molar refractivity (Wildman–Crippen MR) is 127 cm³/mol. The minimum Gasteiger partial charge on any atom is -0.385 e. The molecule has 0 aliphatic carbocycles. The Morgan fingerprint density at radius 2 is 1.70 bits per heavy atom. The van der Waals surface area contributed by atoms with Crippen molar-refractivity contribution in [3.63, 3.8) is 0 Å². The van der Waals surface area contributed by atoms with Crippen molar-refractivity contribution in [2.75, 3.05) is 0 Å². The molecule has 0 spiro atoms. The molecular formula is C23H19Cl2F4N5O3. The van der Waals surface area contributed by atoms with Crippen molar-refractivity contribution < 1.29 is 27.8 Å².